The molecule has 0 bridgehead atoms. The Hall–Kier alpha value is -4.10. The average Bonchev–Trinajstić information content (AvgIpc) is 3.51. The Kier molecular flexibility index (Phi) is 6.83. The number of hydrogen-bond acceptors (Lipinski definition) is 5. The number of rotatable bonds is 5. The molecule has 0 radical (unpaired) electrons. The normalized spacial score (nSPS) is 16.9. The van der Waals surface area contributed by atoms with E-state index in [1.54, 1.807) is 0 Å². The number of benzene rings is 3. The fraction of sp³-hybridized carbons (Fsp3) is 0.312. The summed E-state index contributed by atoms with van der Waals surface area (Å²) in [4.78, 5) is 15.7. The zero-order valence-electron chi connectivity index (χ0n) is 22.6. The lowest BCUT2D eigenvalue weighted by Gasteiger charge is -2.22. The minimum atomic E-state index is -0.0391. The van der Waals surface area contributed by atoms with Crippen LogP contribution in [0.2, 0.25) is 0 Å². The van der Waals surface area contributed by atoms with Gasteiger partial charge in [0.15, 0.2) is 11.5 Å². The molecule has 1 fully saturated rings. The van der Waals surface area contributed by atoms with Gasteiger partial charge in [0.25, 0.3) is 5.91 Å². The lowest BCUT2D eigenvalue weighted by molar-refractivity contribution is 0.0732. The van der Waals surface area contributed by atoms with E-state index in [0.717, 1.165) is 40.2 Å². The zero-order chi connectivity index (χ0) is 26.9. The molecule has 1 saturated heterocycles. The van der Waals surface area contributed by atoms with Crippen molar-refractivity contribution >= 4 is 5.91 Å². The first-order valence-corrected chi connectivity index (χ1v) is 13.5. The summed E-state index contributed by atoms with van der Waals surface area (Å²) in [6.07, 6.45) is 0.836. The first-order chi connectivity index (χ1) is 19.0. The highest BCUT2D eigenvalue weighted by Crippen LogP contribution is 2.40. The van der Waals surface area contributed by atoms with Gasteiger partial charge in [0.05, 0.1) is 31.1 Å². The first-order valence-electron chi connectivity index (χ1n) is 13.5. The predicted octanol–water partition coefficient (Wildman–Crippen LogP) is 5.67. The standard InChI is InChI=1S/C32H33N3O4/c1-21-7-4-5-10-29(21)25-16-26-19-34(12-14-38-31(26)30(18-25)39-28-11-13-37-20-28)32(36)24-8-6-9-27(17-24)35-23(3)15-22(2)33-35/h4-10,15-18,28H,11-14,19-20H2,1-3H3/t28-/m0/s1. The van der Waals surface area contributed by atoms with E-state index in [0.29, 0.717) is 50.0 Å². The first kappa shape index (κ1) is 25.2. The van der Waals surface area contributed by atoms with Gasteiger partial charge in [0, 0.05) is 29.8 Å². The Balaban J connectivity index is 1.35. The van der Waals surface area contributed by atoms with Crippen LogP contribution in [0.3, 0.4) is 0 Å². The van der Waals surface area contributed by atoms with Crippen molar-refractivity contribution in [2.75, 3.05) is 26.4 Å². The van der Waals surface area contributed by atoms with Gasteiger partial charge in [-0.1, -0.05) is 30.3 Å². The summed E-state index contributed by atoms with van der Waals surface area (Å²) in [6.45, 7) is 8.64. The summed E-state index contributed by atoms with van der Waals surface area (Å²) in [6, 6.07) is 22.2. The summed E-state index contributed by atoms with van der Waals surface area (Å²) in [5.74, 6) is 1.38. The van der Waals surface area contributed by atoms with E-state index in [2.05, 4.69) is 36.3 Å². The van der Waals surface area contributed by atoms with E-state index >= 15 is 0 Å². The molecule has 0 unspecified atom stereocenters. The van der Waals surface area contributed by atoms with Crippen LogP contribution in [0.4, 0.5) is 0 Å². The van der Waals surface area contributed by atoms with Crippen molar-refractivity contribution < 1.29 is 19.0 Å². The lowest BCUT2D eigenvalue weighted by atomic mass is 9.97. The molecule has 39 heavy (non-hydrogen) atoms. The lowest BCUT2D eigenvalue weighted by Crippen LogP contribution is -2.32. The van der Waals surface area contributed by atoms with E-state index in [4.69, 9.17) is 14.2 Å². The van der Waals surface area contributed by atoms with Crippen LogP contribution in [0.25, 0.3) is 16.8 Å². The number of carbonyl (C=O) groups is 1. The highest BCUT2D eigenvalue weighted by atomic mass is 16.6. The molecule has 0 saturated carbocycles. The Bertz CT molecular complexity index is 1520. The van der Waals surface area contributed by atoms with Crippen LogP contribution in [-0.4, -0.2) is 53.1 Å². The molecule has 7 heteroatoms. The van der Waals surface area contributed by atoms with Gasteiger partial charge in [-0.2, -0.15) is 5.10 Å². The Morgan fingerprint density at radius 1 is 1.00 bits per heavy atom. The zero-order valence-corrected chi connectivity index (χ0v) is 22.6. The SMILES string of the molecule is Cc1cc(C)n(-c2cccc(C(=O)N3CCOc4c(cc(-c5ccccc5C)cc4O[C@H]4CCOC4)C3)c2)n1. The highest BCUT2D eigenvalue weighted by molar-refractivity contribution is 5.95. The molecule has 1 aromatic heterocycles. The number of hydrogen-bond donors (Lipinski definition) is 0. The maximum absolute atomic E-state index is 13.8. The molecule has 3 heterocycles. The van der Waals surface area contributed by atoms with Crippen molar-refractivity contribution in [3.05, 3.63) is 94.8 Å². The van der Waals surface area contributed by atoms with Crippen LogP contribution < -0.4 is 9.47 Å². The van der Waals surface area contributed by atoms with E-state index in [1.165, 1.54) is 5.56 Å². The van der Waals surface area contributed by atoms with Crippen LogP contribution in [-0.2, 0) is 11.3 Å². The number of aryl methyl sites for hydroxylation is 3. The van der Waals surface area contributed by atoms with Gasteiger partial charge in [-0.05, 0) is 73.9 Å². The number of carbonyl (C=O) groups excluding carboxylic acids is 1. The third kappa shape index (κ3) is 5.14. The number of amides is 1. The predicted molar refractivity (Wildman–Crippen MR) is 150 cm³/mol. The number of nitrogens with zero attached hydrogens (tertiary/aromatic N) is 3. The van der Waals surface area contributed by atoms with Crippen molar-refractivity contribution in [2.24, 2.45) is 0 Å². The Morgan fingerprint density at radius 3 is 2.64 bits per heavy atom. The molecule has 0 spiro atoms. The smallest absolute Gasteiger partial charge is 0.254 e. The molecular weight excluding hydrogens is 490 g/mol. The van der Waals surface area contributed by atoms with E-state index in [1.807, 2.05) is 65.9 Å². The van der Waals surface area contributed by atoms with Gasteiger partial charge >= 0.3 is 0 Å². The largest absolute Gasteiger partial charge is 0.487 e. The topological polar surface area (TPSA) is 65.8 Å². The average molecular weight is 524 g/mol. The number of fused-ring (bicyclic) bond motifs is 1. The van der Waals surface area contributed by atoms with Gasteiger partial charge < -0.3 is 19.1 Å². The van der Waals surface area contributed by atoms with Crippen molar-refractivity contribution in [2.45, 2.75) is 39.8 Å². The van der Waals surface area contributed by atoms with E-state index < -0.39 is 0 Å². The maximum Gasteiger partial charge on any atom is 0.254 e. The molecule has 1 amide bonds. The quantitative estimate of drug-likeness (QED) is 0.337. The van der Waals surface area contributed by atoms with Crippen LogP contribution in [0.1, 0.15) is 39.3 Å². The molecule has 4 aromatic rings. The van der Waals surface area contributed by atoms with Crippen molar-refractivity contribution in [3.63, 3.8) is 0 Å². The van der Waals surface area contributed by atoms with Gasteiger partial charge in [-0.15, -0.1) is 0 Å². The third-order valence-electron chi connectivity index (χ3n) is 7.37. The van der Waals surface area contributed by atoms with Gasteiger partial charge in [-0.3, -0.25) is 4.79 Å². The summed E-state index contributed by atoms with van der Waals surface area (Å²) < 4.78 is 20.1. The second-order valence-corrected chi connectivity index (χ2v) is 10.3. The molecule has 2 aliphatic heterocycles. The van der Waals surface area contributed by atoms with Crippen LogP contribution in [0, 0.1) is 20.8 Å². The summed E-state index contributed by atoms with van der Waals surface area (Å²) >= 11 is 0. The molecule has 6 rings (SSSR count). The Morgan fingerprint density at radius 2 is 1.87 bits per heavy atom. The molecule has 3 aromatic carbocycles. The second-order valence-electron chi connectivity index (χ2n) is 10.3. The van der Waals surface area contributed by atoms with E-state index in [9.17, 15) is 4.79 Å². The number of ether oxygens (including phenoxy) is 3. The molecule has 1 atom stereocenters. The van der Waals surface area contributed by atoms with Gasteiger partial charge in [0.2, 0.25) is 0 Å². The third-order valence-corrected chi connectivity index (χ3v) is 7.37. The molecule has 0 aliphatic carbocycles. The van der Waals surface area contributed by atoms with Gasteiger partial charge in [-0.25, -0.2) is 4.68 Å². The Labute approximate surface area is 228 Å². The van der Waals surface area contributed by atoms with Gasteiger partial charge in [0.1, 0.15) is 12.7 Å². The second kappa shape index (κ2) is 10.6. The summed E-state index contributed by atoms with van der Waals surface area (Å²) in [7, 11) is 0. The van der Waals surface area contributed by atoms with Crippen molar-refractivity contribution in [1.82, 2.24) is 14.7 Å². The minimum Gasteiger partial charge on any atom is -0.487 e. The monoisotopic (exact) mass is 523 g/mol. The van der Waals surface area contributed by atoms with Crippen molar-refractivity contribution in [3.8, 4) is 28.3 Å². The molecule has 0 N–H and O–H groups in total. The number of aromatic nitrogens is 2. The maximum atomic E-state index is 13.8. The molecule has 200 valence electrons. The molecule has 7 nitrogen and oxygen atoms in total. The van der Waals surface area contributed by atoms with Crippen LogP contribution in [0.5, 0.6) is 11.5 Å². The fourth-order valence-corrected chi connectivity index (χ4v) is 5.43. The minimum absolute atomic E-state index is 0.0112. The van der Waals surface area contributed by atoms with Crippen molar-refractivity contribution in [1.29, 1.82) is 0 Å². The van der Waals surface area contributed by atoms with E-state index in [-0.39, 0.29) is 12.0 Å². The van der Waals surface area contributed by atoms with Crippen LogP contribution >= 0.6 is 0 Å². The molecule has 2 aliphatic rings. The summed E-state index contributed by atoms with van der Waals surface area (Å²) in [5, 5.41) is 4.58. The molecular formula is C32H33N3O4. The summed E-state index contributed by atoms with van der Waals surface area (Å²) in [5.41, 5.74) is 7.75. The highest BCUT2D eigenvalue weighted by Gasteiger charge is 2.27. The van der Waals surface area contributed by atoms with Crippen LogP contribution in [0.15, 0.2) is 66.7 Å². The fourth-order valence-electron chi connectivity index (χ4n) is 5.43.